The fourth-order valence-electron chi connectivity index (χ4n) is 2.12. The lowest BCUT2D eigenvalue weighted by Crippen LogP contribution is -2.19. The van der Waals surface area contributed by atoms with Crippen molar-refractivity contribution >= 4 is 40.3 Å². The number of thiocarbonyl (C=S) groups is 1. The normalized spacial score (nSPS) is 10.3. The molecule has 2 N–H and O–H groups in total. The van der Waals surface area contributed by atoms with E-state index in [0.29, 0.717) is 10.1 Å². The van der Waals surface area contributed by atoms with Crippen LogP contribution in [0, 0.1) is 0 Å². The van der Waals surface area contributed by atoms with Crippen LogP contribution in [0.3, 0.4) is 0 Å². The molecular weight excluding hydrogens is 328 g/mol. The van der Waals surface area contributed by atoms with Crippen molar-refractivity contribution in [2.45, 2.75) is 6.54 Å². The molecule has 0 aliphatic carbocycles. The average Bonchev–Trinajstić information content (AvgIpc) is 3.04. The molecule has 3 aromatic rings. The number of nitrogens with zero attached hydrogens (tertiary/aromatic N) is 2. The summed E-state index contributed by atoms with van der Waals surface area (Å²) in [5, 5.41) is 11.6. The molecule has 116 valence electrons. The van der Waals surface area contributed by atoms with Gasteiger partial charge < -0.3 is 10.6 Å². The molecule has 0 amide bonds. The highest BCUT2D eigenvalue weighted by Crippen LogP contribution is 2.20. The molecule has 0 spiro atoms. The zero-order valence-electron chi connectivity index (χ0n) is 12.2. The predicted octanol–water partition coefficient (Wildman–Crippen LogP) is 4.39. The maximum absolute atomic E-state index is 6.10. The smallest absolute Gasteiger partial charge is 0.175 e. The van der Waals surface area contributed by atoms with Gasteiger partial charge in [0.2, 0.25) is 0 Å². The maximum Gasteiger partial charge on any atom is 0.175 e. The van der Waals surface area contributed by atoms with Crippen LogP contribution in [0.4, 0.5) is 11.4 Å². The number of aromatic nitrogens is 2. The molecule has 0 atom stereocenters. The van der Waals surface area contributed by atoms with Gasteiger partial charge in [0.15, 0.2) is 5.11 Å². The Morgan fingerprint density at radius 1 is 1.04 bits per heavy atom. The second-order valence-electron chi connectivity index (χ2n) is 4.96. The monoisotopic (exact) mass is 342 g/mol. The number of anilines is 2. The SMILES string of the molecule is S=C(Nc1ccc(Cn2cccn2)cc1)Nc1ccccc1Cl. The maximum atomic E-state index is 6.10. The standard InChI is InChI=1S/C17H15ClN4S/c18-15-4-1-2-5-16(15)21-17(23)20-14-8-6-13(7-9-14)12-22-11-3-10-19-22/h1-11H,12H2,(H2,20,21,23). The van der Waals surface area contributed by atoms with Crippen LogP contribution in [-0.2, 0) is 6.54 Å². The summed E-state index contributed by atoms with van der Waals surface area (Å²) in [6.07, 6.45) is 3.71. The van der Waals surface area contributed by atoms with E-state index in [9.17, 15) is 0 Å². The predicted molar refractivity (Wildman–Crippen MR) is 99.1 cm³/mol. The molecule has 0 saturated carbocycles. The van der Waals surface area contributed by atoms with Gasteiger partial charge in [-0.2, -0.15) is 5.10 Å². The summed E-state index contributed by atoms with van der Waals surface area (Å²) in [7, 11) is 0. The summed E-state index contributed by atoms with van der Waals surface area (Å²) >= 11 is 11.4. The van der Waals surface area contributed by atoms with Crippen molar-refractivity contribution in [3.05, 3.63) is 77.6 Å². The van der Waals surface area contributed by atoms with E-state index in [0.717, 1.165) is 17.9 Å². The van der Waals surface area contributed by atoms with Crippen molar-refractivity contribution in [3.63, 3.8) is 0 Å². The Balaban J connectivity index is 1.59. The van der Waals surface area contributed by atoms with Gasteiger partial charge in [-0.25, -0.2) is 0 Å². The summed E-state index contributed by atoms with van der Waals surface area (Å²) in [5.41, 5.74) is 2.87. The fraction of sp³-hybridized carbons (Fsp3) is 0.0588. The number of halogens is 1. The second kappa shape index (κ2) is 7.26. The van der Waals surface area contributed by atoms with Crippen LogP contribution < -0.4 is 10.6 Å². The first-order valence-corrected chi connectivity index (χ1v) is 7.88. The summed E-state index contributed by atoms with van der Waals surface area (Å²) < 4.78 is 1.88. The lowest BCUT2D eigenvalue weighted by atomic mass is 10.2. The number of rotatable bonds is 4. The third-order valence-electron chi connectivity index (χ3n) is 3.24. The first-order chi connectivity index (χ1) is 11.2. The van der Waals surface area contributed by atoms with Crippen molar-refractivity contribution in [2.75, 3.05) is 10.6 Å². The Morgan fingerprint density at radius 2 is 1.83 bits per heavy atom. The molecule has 3 rings (SSSR count). The minimum absolute atomic E-state index is 0.498. The molecule has 0 aliphatic heterocycles. The summed E-state index contributed by atoms with van der Waals surface area (Å²) in [4.78, 5) is 0. The van der Waals surface area contributed by atoms with E-state index in [1.807, 2.05) is 65.5 Å². The molecule has 0 bridgehead atoms. The molecule has 1 heterocycles. The topological polar surface area (TPSA) is 41.9 Å². The Bertz CT molecular complexity index is 785. The van der Waals surface area contributed by atoms with E-state index < -0.39 is 0 Å². The first kappa shape index (κ1) is 15.5. The highest BCUT2D eigenvalue weighted by Gasteiger charge is 2.02. The summed E-state index contributed by atoms with van der Waals surface area (Å²) in [6.45, 7) is 0.746. The van der Waals surface area contributed by atoms with Crippen LogP contribution in [0.2, 0.25) is 5.02 Å². The zero-order valence-corrected chi connectivity index (χ0v) is 13.8. The number of hydrogen-bond donors (Lipinski definition) is 2. The van der Waals surface area contributed by atoms with Crippen LogP contribution >= 0.6 is 23.8 Å². The van der Waals surface area contributed by atoms with Crippen molar-refractivity contribution in [1.29, 1.82) is 0 Å². The van der Waals surface area contributed by atoms with Gasteiger partial charge in [0.05, 0.1) is 17.3 Å². The molecular formula is C17H15ClN4S. The van der Waals surface area contributed by atoms with Crippen LogP contribution in [0.25, 0.3) is 0 Å². The Kier molecular flexibility index (Phi) is 4.90. The lowest BCUT2D eigenvalue weighted by Gasteiger charge is -2.12. The van der Waals surface area contributed by atoms with Crippen LogP contribution in [0.5, 0.6) is 0 Å². The molecule has 1 aromatic heterocycles. The largest absolute Gasteiger partial charge is 0.332 e. The Morgan fingerprint density at radius 3 is 2.52 bits per heavy atom. The Labute approximate surface area is 145 Å². The van der Waals surface area contributed by atoms with Gasteiger partial charge >= 0.3 is 0 Å². The Hall–Kier alpha value is -2.37. The number of para-hydroxylation sites is 1. The summed E-state index contributed by atoms with van der Waals surface area (Å²) in [6, 6.07) is 17.4. The highest BCUT2D eigenvalue weighted by molar-refractivity contribution is 7.80. The van der Waals surface area contributed by atoms with Gasteiger partial charge in [0, 0.05) is 18.1 Å². The van der Waals surface area contributed by atoms with E-state index >= 15 is 0 Å². The minimum atomic E-state index is 0.498. The van der Waals surface area contributed by atoms with Gasteiger partial charge in [0.1, 0.15) is 0 Å². The molecule has 23 heavy (non-hydrogen) atoms. The van der Waals surface area contributed by atoms with Gasteiger partial charge in [0.25, 0.3) is 0 Å². The first-order valence-electron chi connectivity index (χ1n) is 7.09. The van der Waals surface area contributed by atoms with Gasteiger partial charge in [-0.15, -0.1) is 0 Å². The average molecular weight is 343 g/mol. The molecule has 0 fully saturated rings. The quantitative estimate of drug-likeness (QED) is 0.690. The lowest BCUT2D eigenvalue weighted by molar-refractivity contribution is 0.687. The minimum Gasteiger partial charge on any atom is -0.332 e. The van der Waals surface area contributed by atoms with Gasteiger partial charge in [-0.3, -0.25) is 4.68 Å². The van der Waals surface area contributed by atoms with Crippen molar-refractivity contribution < 1.29 is 0 Å². The number of hydrogen-bond acceptors (Lipinski definition) is 2. The number of benzene rings is 2. The van der Waals surface area contributed by atoms with Crippen molar-refractivity contribution in [2.24, 2.45) is 0 Å². The fourth-order valence-corrected chi connectivity index (χ4v) is 2.53. The molecule has 0 saturated heterocycles. The van der Waals surface area contributed by atoms with Crippen LogP contribution in [-0.4, -0.2) is 14.9 Å². The molecule has 2 aromatic carbocycles. The molecule has 0 radical (unpaired) electrons. The van der Waals surface area contributed by atoms with E-state index in [1.54, 1.807) is 6.20 Å². The van der Waals surface area contributed by atoms with Gasteiger partial charge in [-0.05, 0) is 48.1 Å². The van der Waals surface area contributed by atoms with E-state index in [-0.39, 0.29) is 0 Å². The van der Waals surface area contributed by atoms with Gasteiger partial charge in [-0.1, -0.05) is 35.9 Å². The highest BCUT2D eigenvalue weighted by atomic mass is 35.5. The summed E-state index contributed by atoms with van der Waals surface area (Å²) in [5.74, 6) is 0. The van der Waals surface area contributed by atoms with Crippen molar-refractivity contribution in [3.8, 4) is 0 Å². The zero-order chi connectivity index (χ0) is 16.1. The van der Waals surface area contributed by atoms with E-state index in [4.69, 9.17) is 23.8 Å². The van der Waals surface area contributed by atoms with E-state index in [2.05, 4.69) is 15.7 Å². The molecule has 4 nitrogen and oxygen atoms in total. The second-order valence-corrected chi connectivity index (χ2v) is 5.77. The molecule has 0 unspecified atom stereocenters. The number of nitrogens with one attached hydrogen (secondary N) is 2. The third-order valence-corrected chi connectivity index (χ3v) is 3.77. The van der Waals surface area contributed by atoms with Crippen LogP contribution in [0.15, 0.2) is 67.0 Å². The van der Waals surface area contributed by atoms with Crippen LogP contribution in [0.1, 0.15) is 5.56 Å². The van der Waals surface area contributed by atoms with Crippen molar-refractivity contribution in [1.82, 2.24) is 9.78 Å². The molecule has 6 heteroatoms. The third kappa shape index (κ3) is 4.31. The molecule has 0 aliphatic rings. The van der Waals surface area contributed by atoms with E-state index in [1.165, 1.54) is 5.56 Å².